The van der Waals surface area contributed by atoms with Crippen LogP contribution < -0.4 is 4.90 Å². The topological polar surface area (TPSA) is 27.0 Å². The van der Waals surface area contributed by atoms with Crippen LogP contribution in [0.25, 0.3) is 0 Å². The van der Waals surface area contributed by atoms with E-state index in [1.54, 1.807) is 0 Å². The highest BCUT2D eigenvalue weighted by Crippen LogP contribution is 2.26. The molecule has 0 atom stereocenters. The number of hydrogen-bond donors (Lipinski definition) is 0. The SMILES string of the molecule is C=CCN(CC)c1cccc(Br)c1C#N. The van der Waals surface area contributed by atoms with E-state index in [0.717, 1.165) is 23.2 Å². The summed E-state index contributed by atoms with van der Waals surface area (Å²) in [4.78, 5) is 2.11. The highest BCUT2D eigenvalue weighted by atomic mass is 79.9. The van der Waals surface area contributed by atoms with Crippen LogP contribution in [0.15, 0.2) is 35.3 Å². The molecule has 0 spiro atoms. The second-order valence-corrected chi connectivity index (χ2v) is 3.93. The first kappa shape index (κ1) is 11.8. The van der Waals surface area contributed by atoms with Crippen molar-refractivity contribution in [3.8, 4) is 6.07 Å². The molecule has 0 aliphatic carbocycles. The standard InChI is InChI=1S/C12H13BrN2/c1-3-8-15(4-2)12-7-5-6-11(13)10(12)9-14/h3,5-7H,1,4,8H2,2H3. The summed E-state index contributed by atoms with van der Waals surface area (Å²) in [6.07, 6.45) is 1.84. The number of halogens is 1. The van der Waals surface area contributed by atoms with Crippen molar-refractivity contribution >= 4 is 21.6 Å². The predicted octanol–water partition coefficient (Wildman–Crippen LogP) is 3.33. The zero-order valence-electron chi connectivity index (χ0n) is 8.70. The number of likely N-dealkylation sites (N-methyl/N-ethyl adjacent to an activating group) is 1. The molecular formula is C12H13BrN2. The Balaban J connectivity index is 3.17. The number of nitrogens with zero attached hydrogens (tertiary/aromatic N) is 2. The van der Waals surface area contributed by atoms with Gasteiger partial charge in [-0.15, -0.1) is 6.58 Å². The molecule has 0 heterocycles. The zero-order valence-corrected chi connectivity index (χ0v) is 10.3. The number of benzene rings is 1. The Morgan fingerprint density at radius 3 is 2.87 bits per heavy atom. The molecule has 0 saturated heterocycles. The lowest BCUT2D eigenvalue weighted by atomic mass is 10.1. The summed E-state index contributed by atoms with van der Waals surface area (Å²) < 4.78 is 0.838. The average molecular weight is 265 g/mol. The third kappa shape index (κ3) is 2.60. The van der Waals surface area contributed by atoms with Crippen LogP contribution in [0.2, 0.25) is 0 Å². The first-order valence-electron chi connectivity index (χ1n) is 4.79. The molecule has 1 aromatic carbocycles. The summed E-state index contributed by atoms with van der Waals surface area (Å²) in [6.45, 7) is 7.39. The number of nitriles is 1. The molecule has 0 aromatic heterocycles. The van der Waals surface area contributed by atoms with E-state index in [9.17, 15) is 0 Å². The van der Waals surface area contributed by atoms with Crippen molar-refractivity contribution in [3.63, 3.8) is 0 Å². The van der Waals surface area contributed by atoms with Gasteiger partial charge in [-0.25, -0.2) is 0 Å². The van der Waals surface area contributed by atoms with E-state index in [1.807, 2.05) is 24.3 Å². The molecule has 15 heavy (non-hydrogen) atoms. The highest BCUT2D eigenvalue weighted by Gasteiger charge is 2.10. The van der Waals surface area contributed by atoms with Crippen LogP contribution in [0.5, 0.6) is 0 Å². The summed E-state index contributed by atoms with van der Waals surface area (Å²) in [7, 11) is 0. The minimum atomic E-state index is 0.682. The smallest absolute Gasteiger partial charge is 0.103 e. The molecule has 3 heteroatoms. The van der Waals surface area contributed by atoms with Crippen LogP contribution in [0.1, 0.15) is 12.5 Å². The maximum absolute atomic E-state index is 9.08. The highest BCUT2D eigenvalue weighted by molar-refractivity contribution is 9.10. The predicted molar refractivity (Wildman–Crippen MR) is 66.9 cm³/mol. The Labute approximate surface area is 99.0 Å². The molecule has 0 fully saturated rings. The Kier molecular flexibility index (Phi) is 4.38. The summed E-state index contributed by atoms with van der Waals surface area (Å²) in [5.41, 5.74) is 1.63. The molecule has 0 radical (unpaired) electrons. The molecule has 78 valence electrons. The summed E-state index contributed by atoms with van der Waals surface area (Å²) in [5.74, 6) is 0. The van der Waals surface area contributed by atoms with E-state index in [4.69, 9.17) is 5.26 Å². The van der Waals surface area contributed by atoms with Crippen molar-refractivity contribution in [1.29, 1.82) is 5.26 Å². The van der Waals surface area contributed by atoms with E-state index in [1.165, 1.54) is 0 Å². The van der Waals surface area contributed by atoms with Crippen LogP contribution in [-0.2, 0) is 0 Å². The maximum Gasteiger partial charge on any atom is 0.103 e. The van der Waals surface area contributed by atoms with E-state index >= 15 is 0 Å². The third-order valence-corrected chi connectivity index (χ3v) is 2.84. The van der Waals surface area contributed by atoms with E-state index in [2.05, 4.69) is 40.4 Å². The van der Waals surface area contributed by atoms with Gasteiger partial charge in [-0.05, 0) is 35.0 Å². The fourth-order valence-corrected chi connectivity index (χ4v) is 1.88. The minimum absolute atomic E-state index is 0.682. The lowest BCUT2D eigenvalue weighted by molar-refractivity contribution is 0.904. The summed E-state index contributed by atoms with van der Waals surface area (Å²) in [5, 5.41) is 9.08. The first-order valence-corrected chi connectivity index (χ1v) is 5.58. The van der Waals surface area contributed by atoms with Gasteiger partial charge < -0.3 is 4.90 Å². The van der Waals surface area contributed by atoms with Gasteiger partial charge in [-0.3, -0.25) is 0 Å². The van der Waals surface area contributed by atoms with Crippen molar-refractivity contribution in [1.82, 2.24) is 0 Å². The second-order valence-electron chi connectivity index (χ2n) is 3.07. The largest absolute Gasteiger partial charge is 0.367 e. The molecule has 1 aromatic rings. The van der Waals surface area contributed by atoms with Crippen LogP contribution in [-0.4, -0.2) is 13.1 Å². The number of rotatable bonds is 4. The molecule has 0 saturated carbocycles. The van der Waals surface area contributed by atoms with Gasteiger partial charge in [-0.2, -0.15) is 5.26 Å². The van der Waals surface area contributed by atoms with Crippen molar-refractivity contribution in [2.24, 2.45) is 0 Å². The fraction of sp³-hybridized carbons (Fsp3) is 0.250. The molecule has 0 aliphatic heterocycles. The van der Waals surface area contributed by atoms with Crippen LogP contribution in [0, 0.1) is 11.3 Å². The van der Waals surface area contributed by atoms with E-state index in [0.29, 0.717) is 5.56 Å². The minimum Gasteiger partial charge on any atom is -0.367 e. The Bertz CT molecular complexity index is 393. The number of hydrogen-bond acceptors (Lipinski definition) is 2. The van der Waals surface area contributed by atoms with Gasteiger partial charge in [0.2, 0.25) is 0 Å². The fourth-order valence-electron chi connectivity index (χ4n) is 1.44. The van der Waals surface area contributed by atoms with Gasteiger partial charge in [0.15, 0.2) is 0 Å². The van der Waals surface area contributed by atoms with Gasteiger partial charge >= 0.3 is 0 Å². The molecule has 0 aliphatic rings. The lowest BCUT2D eigenvalue weighted by Crippen LogP contribution is -2.23. The van der Waals surface area contributed by atoms with Crippen LogP contribution >= 0.6 is 15.9 Å². The molecule has 1 rings (SSSR count). The molecule has 0 amide bonds. The van der Waals surface area contributed by atoms with Gasteiger partial charge in [0.1, 0.15) is 6.07 Å². The first-order chi connectivity index (χ1) is 7.24. The summed E-state index contributed by atoms with van der Waals surface area (Å²) >= 11 is 3.38. The Morgan fingerprint density at radius 2 is 2.33 bits per heavy atom. The molecule has 0 N–H and O–H groups in total. The number of anilines is 1. The van der Waals surface area contributed by atoms with E-state index < -0.39 is 0 Å². The van der Waals surface area contributed by atoms with Crippen molar-refractivity contribution in [3.05, 3.63) is 40.9 Å². The second kappa shape index (κ2) is 5.57. The molecule has 2 nitrogen and oxygen atoms in total. The van der Waals surface area contributed by atoms with E-state index in [-0.39, 0.29) is 0 Å². The molecule has 0 bridgehead atoms. The van der Waals surface area contributed by atoms with Crippen LogP contribution in [0.4, 0.5) is 5.69 Å². The normalized spacial score (nSPS) is 9.40. The van der Waals surface area contributed by atoms with Crippen LogP contribution in [0.3, 0.4) is 0 Å². The van der Waals surface area contributed by atoms with Gasteiger partial charge in [0.25, 0.3) is 0 Å². The van der Waals surface area contributed by atoms with Gasteiger partial charge in [0.05, 0.1) is 11.3 Å². The average Bonchev–Trinajstić information content (AvgIpc) is 2.25. The molecule has 0 unspecified atom stereocenters. The monoisotopic (exact) mass is 264 g/mol. The van der Waals surface area contributed by atoms with Crippen molar-refractivity contribution in [2.75, 3.05) is 18.0 Å². The van der Waals surface area contributed by atoms with Gasteiger partial charge in [0, 0.05) is 17.6 Å². The molecular weight excluding hydrogens is 252 g/mol. The quantitative estimate of drug-likeness (QED) is 0.781. The van der Waals surface area contributed by atoms with Gasteiger partial charge in [-0.1, -0.05) is 12.1 Å². The van der Waals surface area contributed by atoms with Crippen molar-refractivity contribution < 1.29 is 0 Å². The third-order valence-electron chi connectivity index (χ3n) is 2.18. The lowest BCUT2D eigenvalue weighted by Gasteiger charge is -2.22. The van der Waals surface area contributed by atoms with Crippen molar-refractivity contribution in [2.45, 2.75) is 6.92 Å². The summed E-state index contributed by atoms with van der Waals surface area (Å²) in [6, 6.07) is 7.98. The Morgan fingerprint density at radius 1 is 1.60 bits per heavy atom. The maximum atomic E-state index is 9.08. The zero-order chi connectivity index (χ0) is 11.3. The Hall–Kier alpha value is -1.27.